The number of benzene rings is 1. The molecule has 2 aromatic heterocycles. The highest BCUT2D eigenvalue weighted by atomic mass is 16.5. The molecule has 47 heavy (non-hydrogen) atoms. The van der Waals surface area contributed by atoms with Crippen LogP contribution in [-0.2, 0) is 20.5 Å². The summed E-state index contributed by atoms with van der Waals surface area (Å²) in [6, 6.07) is 10.8. The van der Waals surface area contributed by atoms with E-state index in [2.05, 4.69) is 63.3 Å². The molecule has 4 aliphatic carbocycles. The second kappa shape index (κ2) is 13.1. The Morgan fingerprint density at radius 3 is 2.30 bits per heavy atom. The zero-order valence-corrected chi connectivity index (χ0v) is 28.9. The molecule has 1 amide bonds. The lowest BCUT2D eigenvalue weighted by atomic mass is 9.51. The van der Waals surface area contributed by atoms with Gasteiger partial charge in [-0.1, -0.05) is 12.1 Å². The van der Waals surface area contributed by atoms with Crippen LogP contribution in [0.15, 0.2) is 48.9 Å². The summed E-state index contributed by atoms with van der Waals surface area (Å²) in [4.78, 5) is 32.6. The predicted molar refractivity (Wildman–Crippen MR) is 185 cm³/mol. The van der Waals surface area contributed by atoms with Crippen LogP contribution < -0.4 is 9.64 Å². The molecule has 8 heteroatoms. The van der Waals surface area contributed by atoms with E-state index in [0.717, 1.165) is 86.9 Å². The van der Waals surface area contributed by atoms with E-state index in [4.69, 9.17) is 9.72 Å². The van der Waals surface area contributed by atoms with Gasteiger partial charge in [0.1, 0.15) is 11.6 Å². The van der Waals surface area contributed by atoms with Gasteiger partial charge in [-0.15, -0.1) is 0 Å². The van der Waals surface area contributed by atoms with Crippen LogP contribution >= 0.6 is 0 Å². The van der Waals surface area contributed by atoms with Crippen molar-refractivity contribution in [2.24, 2.45) is 17.3 Å². The zero-order valence-electron chi connectivity index (χ0n) is 28.9. The van der Waals surface area contributed by atoms with Crippen molar-refractivity contribution in [3.63, 3.8) is 0 Å². The molecule has 0 saturated heterocycles. The van der Waals surface area contributed by atoms with Gasteiger partial charge in [-0.25, -0.2) is 4.98 Å². The quantitative estimate of drug-likeness (QED) is 0.239. The van der Waals surface area contributed by atoms with E-state index < -0.39 is 5.97 Å². The molecule has 7 rings (SSSR count). The standard InChI is InChI=1S/C39H52N4O4/c1-27-22-32(11-12-33(27)47-5)39-18-15-38(16-19-39,17-20-39)26-42(36(46)29-9-6-28(7-10-29)8-13-35(44)45)34-23-30(14-21-40-34)31-24-41-43(25-31)37(2,3)4/h11-12,14,21-25,28-29H,6-10,13,15-20,26H2,1-5H3,(H,44,45). The highest BCUT2D eigenvalue weighted by molar-refractivity contribution is 5.95. The maximum atomic E-state index is 14.5. The highest BCUT2D eigenvalue weighted by Crippen LogP contribution is 2.58. The Morgan fingerprint density at radius 1 is 1.00 bits per heavy atom. The Balaban J connectivity index is 1.24. The van der Waals surface area contributed by atoms with E-state index in [-0.39, 0.29) is 34.6 Å². The number of fused-ring (bicyclic) bond motifs is 3. The summed E-state index contributed by atoms with van der Waals surface area (Å²) in [5.41, 5.74) is 4.81. The van der Waals surface area contributed by atoms with Crippen molar-refractivity contribution in [2.75, 3.05) is 18.6 Å². The normalized spacial score (nSPS) is 25.8. The molecule has 1 aromatic carbocycles. The third-order valence-corrected chi connectivity index (χ3v) is 11.8. The first-order chi connectivity index (χ1) is 22.4. The van der Waals surface area contributed by atoms with E-state index >= 15 is 0 Å². The first kappa shape index (κ1) is 33.2. The second-order valence-electron chi connectivity index (χ2n) is 15.8. The molecule has 252 valence electrons. The number of hydrogen-bond acceptors (Lipinski definition) is 5. The number of amides is 1. The average molecular weight is 641 g/mol. The fraction of sp³-hybridized carbons (Fsp3) is 0.590. The van der Waals surface area contributed by atoms with Gasteiger partial charge in [-0.05, 0) is 150 Å². The lowest BCUT2D eigenvalue weighted by Gasteiger charge is -2.55. The minimum Gasteiger partial charge on any atom is -0.496 e. The van der Waals surface area contributed by atoms with Gasteiger partial charge in [-0.3, -0.25) is 19.2 Å². The van der Waals surface area contributed by atoms with Gasteiger partial charge in [0.05, 0.1) is 18.8 Å². The average Bonchev–Trinajstić information content (AvgIpc) is 3.59. The van der Waals surface area contributed by atoms with Gasteiger partial charge in [-0.2, -0.15) is 5.10 Å². The Labute approximate surface area is 279 Å². The molecule has 1 N–H and O–H groups in total. The minimum absolute atomic E-state index is 0.0601. The van der Waals surface area contributed by atoms with Crippen LogP contribution in [-0.4, -0.2) is 45.4 Å². The fourth-order valence-electron chi connectivity index (χ4n) is 8.58. The number of carbonyl (C=O) groups excluding carboxylic acids is 1. The molecule has 4 fully saturated rings. The first-order valence-electron chi connectivity index (χ1n) is 17.6. The number of pyridine rings is 1. The monoisotopic (exact) mass is 640 g/mol. The molecule has 0 unspecified atom stereocenters. The summed E-state index contributed by atoms with van der Waals surface area (Å²) >= 11 is 0. The number of anilines is 1. The SMILES string of the molecule is COc1ccc(C23CCC(CN(C(=O)C4CCC(CCC(=O)O)CC4)c4cc(-c5cnn(C(C)(C)C)c5)ccn4)(CC2)CC3)cc1C. The number of rotatable bonds is 10. The molecular weight excluding hydrogens is 588 g/mol. The van der Waals surface area contributed by atoms with Crippen molar-refractivity contribution in [3.8, 4) is 16.9 Å². The maximum Gasteiger partial charge on any atom is 0.303 e. The first-order valence-corrected chi connectivity index (χ1v) is 17.6. The third kappa shape index (κ3) is 6.97. The summed E-state index contributed by atoms with van der Waals surface area (Å²) in [6.07, 6.45) is 16.8. The highest BCUT2D eigenvalue weighted by Gasteiger charge is 2.51. The predicted octanol–water partition coefficient (Wildman–Crippen LogP) is 8.31. The summed E-state index contributed by atoms with van der Waals surface area (Å²) in [5, 5.41) is 13.8. The van der Waals surface area contributed by atoms with Crippen LogP contribution in [0.2, 0.25) is 0 Å². The number of carboxylic acids is 1. The Bertz CT molecular complexity index is 1570. The van der Waals surface area contributed by atoms with Gasteiger partial charge >= 0.3 is 5.97 Å². The second-order valence-corrected chi connectivity index (χ2v) is 15.8. The summed E-state index contributed by atoms with van der Waals surface area (Å²) in [5.74, 6) is 1.44. The van der Waals surface area contributed by atoms with Crippen molar-refractivity contribution in [1.29, 1.82) is 0 Å². The van der Waals surface area contributed by atoms with Crippen molar-refractivity contribution < 1.29 is 19.4 Å². The van der Waals surface area contributed by atoms with Gasteiger partial charge < -0.3 is 9.84 Å². The van der Waals surface area contributed by atoms with Crippen molar-refractivity contribution in [2.45, 2.75) is 116 Å². The van der Waals surface area contributed by atoms with Crippen LogP contribution in [0.25, 0.3) is 11.1 Å². The van der Waals surface area contributed by atoms with Crippen LogP contribution in [0.5, 0.6) is 5.75 Å². The summed E-state index contributed by atoms with van der Waals surface area (Å²) in [6.45, 7) is 9.23. The van der Waals surface area contributed by atoms with E-state index in [9.17, 15) is 14.7 Å². The van der Waals surface area contributed by atoms with E-state index in [1.807, 2.05) is 28.0 Å². The number of hydrogen-bond donors (Lipinski definition) is 1. The number of carboxylic acid groups (broad SMARTS) is 1. The topological polar surface area (TPSA) is 97.5 Å². The van der Waals surface area contributed by atoms with Crippen LogP contribution in [0.3, 0.4) is 0 Å². The Hall–Kier alpha value is -3.68. The zero-order chi connectivity index (χ0) is 33.4. The summed E-state index contributed by atoms with van der Waals surface area (Å²) in [7, 11) is 1.73. The van der Waals surface area contributed by atoms with Crippen LogP contribution in [0.1, 0.15) is 109 Å². The largest absolute Gasteiger partial charge is 0.496 e. The molecule has 2 heterocycles. The molecule has 0 radical (unpaired) electrons. The Morgan fingerprint density at radius 2 is 1.70 bits per heavy atom. The molecule has 3 aromatic rings. The lowest BCUT2D eigenvalue weighted by Crippen LogP contribution is -2.52. The summed E-state index contributed by atoms with van der Waals surface area (Å²) < 4.78 is 7.53. The van der Waals surface area contributed by atoms with Gasteiger partial charge in [0.15, 0.2) is 0 Å². The van der Waals surface area contributed by atoms with E-state index in [1.165, 1.54) is 11.1 Å². The molecule has 2 bridgehead atoms. The lowest BCUT2D eigenvalue weighted by molar-refractivity contribution is -0.137. The molecule has 0 spiro atoms. The number of carbonyl (C=O) groups is 2. The molecule has 4 aliphatic rings. The number of aryl methyl sites for hydroxylation is 1. The van der Waals surface area contributed by atoms with Crippen LogP contribution in [0.4, 0.5) is 5.82 Å². The number of aromatic nitrogens is 3. The van der Waals surface area contributed by atoms with Gasteiger partial charge in [0.25, 0.3) is 0 Å². The maximum absolute atomic E-state index is 14.5. The van der Waals surface area contributed by atoms with E-state index in [1.54, 1.807) is 7.11 Å². The number of ether oxygens (including phenoxy) is 1. The van der Waals surface area contributed by atoms with Crippen molar-refractivity contribution >= 4 is 17.7 Å². The van der Waals surface area contributed by atoms with Crippen LogP contribution in [0, 0.1) is 24.2 Å². The fourth-order valence-corrected chi connectivity index (χ4v) is 8.58. The number of methoxy groups -OCH3 is 1. The molecule has 0 aliphatic heterocycles. The molecule has 0 atom stereocenters. The van der Waals surface area contributed by atoms with E-state index in [0.29, 0.717) is 18.9 Å². The van der Waals surface area contributed by atoms with Crippen molar-refractivity contribution in [1.82, 2.24) is 14.8 Å². The number of nitrogens with zero attached hydrogens (tertiary/aromatic N) is 4. The minimum atomic E-state index is -0.737. The number of aliphatic carboxylic acids is 1. The smallest absolute Gasteiger partial charge is 0.303 e. The third-order valence-electron chi connectivity index (χ3n) is 11.8. The van der Waals surface area contributed by atoms with Gasteiger partial charge in [0, 0.05) is 36.8 Å². The Kier molecular flexibility index (Phi) is 9.25. The molecular formula is C39H52N4O4. The van der Waals surface area contributed by atoms with Crippen molar-refractivity contribution in [3.05, 3.63) is 60.0 Å². The van der Waals surface area contributed by atoms with Gasteiger partial charge in [0.2, 0.25) is 5.91 Å². The molecule has 4 saturated carbocycles. The molecule has 8 nitrogen and oxygen atoms in total.